The van der Waals surface area contributed by atoms with Gasteiger partial charge in [-0.25, -0.2) is 8.42 Å². The zero-order valence-electron chi connectivity index (χ0n) is 15.7. The van der Waals surface area contributed by atoms with Gasteiger partial charge in [-0.2, -0.15) is 4.31 Å². The number of sulfonamides is 1. The summed E-state index contributed by atoms with van der Waals surface area (Å²) in [7, 11) is -3.19. The third-order valence-corrected chi connectivity index (χ3v) is 8.08. The van der Waals surface area contributed by atoms with Crippen molar-refractivity contribution < 1.29 is 17.9 Å². The van der Waals surface area contributed by atoms with Crippen LogP contribution < -0.4 is 5.32 Å². The summed E-state index contributed by atoms with van der Waals surface area (Å²) < 4.78 is 32.8. The highest BCUT2D eigenvalue weighted by Crippen LogP contribution is 2.55. The fourth-order valence-corrected chi connectivity index (χ4v) is 6.34. The molecule has 3 aliphatic heterocycles. The molecule has 3 heterocycles. The van der Waals surface area contributed by atoms with E-state index in [4.69, 9.17) is 4.74 Å². The zero-order valence-corrected chi connectivity index (χ0v) is 16.5. The minimum atomic E-state index is -3.19. The Balaban J connectivity index is 1.61. The van der Waals surface area contributed by atoms with Crippen molar-refractivity contribution in [2.75, 3.05) is 25.4 Å². The Morgan fingerprint density at radius 1 is 1.40 bits per heavy atom. The van der Waals surface area contributed by atoms with Crippen molar-refractivity contribution in [3.8, 4) is 0 Å². The van der Waals surface area contributed by atoms with Crippen LogP contribution in [0.3, 0.4) is 0 Å². The van der Waals surface area contributed by atoms with Gasteiger partial charge in [0.15, 0.2) is 0 Å². The van der Waals surface area contributed by atoms with E-state index in [1.807, 2.05) is 6.92 Å². The average molecular weight is 373 g/mol. The number of nitrogens with one attached hydrogen (secondary N) is 1. The summed E-state index contributed by atoms with van der Waals surface area (Å²) in [4.78, 5) is 12.1. The minimum absolute atomic E-state index is 0.0963. The van der Waals surface area contributed by atoms with E-state index in [0.717, 1.165) is 19.3 Å². The molecule has 2 bridgehead atoms. The van der Waals surface area contributed by atoms with E-state index in [9.17, 15) is 13.2 Å². The summed E-state index contributed by atoms with van der Waals surface area (Å²) in [6.45, 7) is 7.77. The molecule has 7 heteroatoms. The smallest absolute Gasteiger partial charge is 0.220 e. The molecule has 0 aromatic carbocycles. The molecule has 0 unspecified atom stereocenters. The molecule has 6 nitrogen and oxygen atoms in total. The first kappa shape index (κ1) is 19.1. The van der Waals surface area contributed by atoms with Gasteiger partial charge in [0.05, 0.1) is 17.5 Å². The van der Waals surface area contributed by atoms with Crippen molar-refractivity contribution in [3.05, 3.63) is 0 Å². The van der Waals surface area contributed by atoms with Gasteiger partial charge in [0.1, 0.15) is 0 Å². The third-order valence-electron chi connectivity index (χ3n) is 6.09. The molecule has 1 N–H and O–H groups in total. The molecule has 1 spiro atoms. The highest BCUT2D eigenvalue weighted by atomic mass is 32.2. The molecule has 0 aromatic rings. The Hall–Kier alpha value is -0.660. The molecule has 3 aliphatic rings. The van der Waals surface area contributed by atoms with Crippen LogP contribution in [0.4, 0.5) is 0 Å². The molecule has 0 aliphatic carbocycles. The maximum Gasteiger partial charge on any atom is 0.220 e. The molecular weight excluding hydrogens is 340 g/mol. The van der Waals surface area contributed by atoms with Gasteiger partial charge in [0.25, 0.3) is 0 Å². The van der Waals surface area contributed by atoms with Crippen LogP contribution in [0.5, 0.6) is 0 Å². The summed E-state index contributed by atoms with van der Waals surface area (Å²) >= 11 is 0. The van der Waals surface area contributed by atoms with Crippen LogP contribution in [-0.2, 0) is 19.6 Å². The van der Waals surface area contributed by atoms with Crippen molar-refractivity contribution in [2.45, 2.75) is 64.6 Å². The van der Waals surface area contributed by atoms with Crippen LogP contribution in [0, 0.1) is 17.8 Å². The van der Waals surface area contributed by atoms with Crippen LogP contribution in [0.25, 0.3) is 0 Å². The summed E-state index contributed by atoms with van der Waals surface area (Å²) in [6.07, 6.45) is 4.18. The highest BCUT2D eigenvalue weighted by molar-refractivity contribution is 7.89. The zero-order chi connectivity index (χ0) is 18.2. The summed E-state index contributed by atoms with van der Waals surface area (Å²) in [5.41, 5.74) is -0.307. The van der Waals surface area contributed by atoms with Crippen molar-refractivity contribution in [3.63, 3.8) is 0 Å². The summed E-state index contributed by atoms with van der Waals surface area (Å²) in [6, 6.07) is 0. The van der Waals surface area contributed by atoms with Crippen LogP contribution in [0.2, 0.25) is 0 Å². The van der Waals surface area contributed by atoms with Crippen LogP contribution in [0.1, 0.15) is 52.9 Å². The number of hydrogen-bond acceptors (Lipinski definition) is 4. The number of carbonyl (C=O) groups is 1. The predicted octanol–water partition coefficient (Wildman–Crippen LogP) is 1.76. The minimum Gasteiger partial charge on any atom is -0.370 e. The third kappa shape index (κ3) is 3.74. The van der Waals surface area contributed by atoms with E-state index >= 15 is 0 Å². The predicted molar refractivity (Wildman–Crippen MR) is 96.6 cm³/mol. The Labute approximate surface area is 151 Å². The molecule has 0 saturated carbocycles. The standard InChI is InChI=1S/C18H32N2O4S/c1-4-9-25(22,23)20-11-15-14(10-19-17(21)6-5-13(2)3)16-7-8-18(15,12-20)24-16/h13-16H,4-12H2,1-3H3,(H,19,21)/t14-,15+,16+,18+/m0/s1. The Morgan fingerprint density at radius 3 is 2.84 bits per heavy atom. The van der Waals surface area contributed by atoms with E-state index in [0.29, 0.717) is 38.4 Å². The second kappa shape index (κ2) is 7.16. The van der Waals surface area contributed by atoms with Gasteiger partial charge >= 0.3 is 0 Å². The molecule has 3 fully saturated rings. The molecule has 3 saturated heterocycles. The molecular formula is C18H32N2O4S. The second-order valence-corrected chi connectivity index (χ2v) is 10.5. The lowest BCUT2D eigenvalue weighted by molar-refractivity contribution is -0.121. The SMILES string of the molecule is CCCS(=O)(=O)N1C[C@@H]2[C@H](CNC(=O)CCC(C)C)[C@H]3CC[C@]2(C1)O3. The van der Waals surface area contributed by atoms with Crippen molar-refractivity contribution in [1.29, 1.82) is 0 Å². The fourth-order valence-electron chi connectivity index (χ4n) is 4.76. The summed E-state index contributed by atoms with van der Waals surface area (Å²) in [5, 5.41) is 3.07. The van der Waals surface area contributed by atoms with Gasteiger partial charge in [-0.1, -0.05) is 20.8 Å². The largest absolute Gasteiger partial charge is 0.370 e. The number of nitrogens with zero attached hydrogens (tertiary/aromatic N) is 1. The molecule has 3 rings (SSSR count). The Kier molecular flexibility index (Phi) is 5.47. The maximum atomic E-state index is 12.5. The van der Waals surface area contributed by atoms with Crippen LogP contribution in [-0.4, -0.2) is 55.7 Å². The molecule has 0 radical (unpaired) electrons. The van der Waals surface area contributed by atoms with Crippen molar-refractivity contribution in [2.24, 2.45) is 17.8 Å². The van der Waals surface area contributed by atoms with Crippen molar-refractivity contribution >= 4 is 15.9 Å². The number of ether oxygens (including phenoxy) is 1. The van der Waals surface area contributed by atoms with Crippen molar-refractivity contribution in [1.82, 2.24) is 9.62 Å². The van der Waals surface area contributed by atoms with Gasteiger partial charge in [0.2, 0.25) is 15.9 Å². The fraction of sp³-hybridized carbons (Fsp3) is 0.944. The monoisotopic (exact) mass is 372 g/mol. The van der Waals surface area contributed by atoms with E-state index in [1.54, 1.807) is 4.31 Å². The second-order valence-electron chi connectivity index (χ2n) is 8.38. The van der Waals surface area contributed by atoms with E-state index < -0.39 is 10.0 Å². The molecule has 1 amide bonds. The van der Waals surface area contributed by atoms with Gasteiger partial charge in [-0.3, -0.25) is 4.79 Å². The molecule has 0 aromatic heterocycles. The van der Waals surface area contributed by atoms with Gasteiger partial charge in [-0.15, -0.1) is 0 Å². The molecule has 144 valence electrons. The first-order chi connectivity index (χ1) is 11.8. The Morgan fingerprint density at radius 2 is 2.16 bits per heavy atom. The topological polar surface area (TPSA) is 75.7 Å². The first-order valence-corrected chi connectivity index (χ1v) is 11.3. The van der Waals surface area contributed by atoms with E-state index in [2.05, 4.69) is 19.2 Å². The van der Waals surface area contributed by atoms with E-state index in [1.165, 1.54) is 0 Å². The lowest BCUT2D eigenvalue weighted by Crippen LogP contribution is -2.41. The number of rotatable bonds is 8. The Bertz CT molecular complexity index is 606. The summed E-state index contributed by atoms with van der Waals surface area (Å²) in [5.74, 6) is 1.27. The number of amides is 1. The maximum absolute atomic E-state index is 12.5. The van der Waals surface area contributed by atoms with Gasteiger partial charge in [0, 0.05) is 37.9 Å². The highest BCUT2D eigenvalue weighted by Gasteiger charge is 2.64. The number of hydrogen-bond donors (Lipinski definition) is 1. The molecule has 4 atom stereocenters. The number of fused-ring (bicyclic) bond motifs is 1. The molecule has 25 heavy (non-hydrogen) atoms. The van der Waals surface area contributed by atoms with Gasteiger partial charge in [-0.05, 0) is 31.6 Å². The van der Waals surface area contributed by atoms with Crippen LogP contribution in [0.15, 0.2) is 0 Å². The lowest BCUT2D eigenvalue weighted by Gasteiger charge is -2.29. The quantitative estimate of drug-likeness (QED) is 0.704. The number of carbonyl (C=O) groups excluding carboxylic acids is 1. The first-order valence-electron chi connectivity index (χ1n) is 9.70. The van der Waals surface area contributed by atoms with Crippen LogP contribution >= 0.6 is 0 Å². The van der Waals surface area contributed by atoms with E-state index in [-0.39, 0.29) is 35.2 Å². The normalized spacial score (nSPS) is 34.6. The lowest BCUT2D eigenvalue weighted by atomic mass is 9.73. The average Bonchev–Trinajstić information content (AvgIpc) is 3.19. The van der Waals surface area contributed by atoms with Gasteiger partial charge < -0.3 is 10.1 Å².